The molecule has 0 fully saturated rings. The van der Waals surface area contributed by atoms with E-state index < -0.39 is 0 Å². The van der Waals surface area contributed by atoms with Crippen LogP contribution in [0, 0.1) is 11.7 Å². The summed E-state index contributed by atoms with van der Waals surface area (Å²) in [5, 5.41) is 0.611. The van der Waals surface area contributed by atoms with E-state index in [0.29, 0.717) is 9.79 Å². The predicted molar refractivity (Wildman–Crippen MR) is 84.8 cm³/mol. The molecule has 3 rings (SSSR count). The molecule has 5 heteroatoms. The molecule has 0 saturated heterocycles. The van der Waals surface area contributed by atoms with Gasteiger partial charge in [0.25, 0.3) is 0 Å². The van der Waals surface area contributed by atoms with E-state index in [9.17, 15) is 0 Å². The number of halogens is 1. The van der Waals surface area contributed by atoms with Gasteiger partial charge in [0.1, 0.15) is 0 Å². The van der Waals surface area contributed by atoms with Crippen LogP contribution in [0.3, 0.4) is 0 Å². The van der Waals surface area contributed by atoms with Crippen molar-refractivity contribution < 1.29 is 0 Å². The van der Waals surface area contributed by atoms with E-state index in [-0.39, 0.29) is 0 Å². The lowest BCUT2D eigenvalue weighted by molar-refractivity contribution is 0.698. The van der Waals surface area contributed by atoms with Gasteiger partial charge in [-0.2, -0.15) is 0 Å². The smallest absolute Gasteiger partial charge is 0.179 e. The topological polar surface area (TPSA) is 33.6 Å². The zero-order valence-electron chi connectivity index (χ0n) is 11.1. The highest BCUT2D eigenvalue weighted by molar-refractivity contribution is 7.71. The van der Waals surface area contributed by atoms with Crippen LogP contribution in [0.2, 0.25) is 5.02 Å². The predicted octanol–water partition coefficient (Wildman–Crippen LogP) is 4.30. The second-order valence-electron chi connectivity index (χ2n) is 4.78. The Morgan fingerprint density at radius 3 is 2.95 bits per heavy atom. The average Bonchev–Trinajstić information content (AvgIpc) is 2.73. The highest BCUT2D eigenvalue weighted by Crippen LogP contribution is 2.17. The summed E-state index contributed by atoms with van der Waals surface area (Å²) < 4.78 is 2.70. The van der Waals surface area contributed by atoms with E-state index in [1.54, 1.807) is 6.20 Å². The Bertz CT molecular complexity index is 819. The molecular weight excluding hydrogens is 290 g/mol. The molecule has 2 heterocycles. The summed E-state index contributed by atoms with van der Waals surface area (Å²) in [5.74, 6) is 0. The monoisotopic (exact) mass is 303 g/mol. The molecule has 0 aliphatic carbocycles. The van der Waals surface area contributed by atoms with Gasteiger partial charge < -0.3 is 9.55 Å². The van der Waals surface area contributed by atoms with Gasteiger partial charge in [-0.25, -0.2) is 4.98 Å². The third-order valence-corrected chi connectivity index (χ3v) is 3.97. The summed E-state index contributed by atoms with van der Waals surface area (Å²) in [7, 11) is 0. The van der Waals surface area contributed by atoms with Crippen molar-refractivity contribution in [1.82, 2.24) is 14.5 Å². The van der Waals surface area contributed by atoms with E-state index in [2.05, 4.69) is 41.2 Å². The Labute approximate surface area is 127 Å². The maximum absolute atomic E-state index is 5.95. The fourth-order valence-corrected chi connectivity index (χ4v) is 2.79. The number of nitrogens with zero attached hydrogens (tertiary/aromatic N) is 2. The summed E-state index contributed by atoms with van der Waals surface area (Å²) in [6.07, 6.45) is 2.58. The zero-order valence-corrected chi connectivity index (χ0v) is 12.6. The number of hydrogen-bond donors (Lipinski definition) is 1. The van der Waals surface area contributed by atoms with E-state index in [1.807, 2.05) is 10.6 Å². The highest BCUT2D eigenvalue weighted by atomic mass is 35.5. The molecule has 102 valence electrons. The third-order valence-electron chi connectivity index (χ3n) is 3.44. The van der Waals surface area contributed by atoms with Gasteiger partial charge in [0.2, 0.25) is 0 Å². The number of nitrogens with one attached hydrogen (secondary N) is 1. The minimum atomic E-state index is 0.611. The first-order valence-electron chi connectivity index (χ1n) is 6.44. The first kappa shape index (κ1) is 13.3. The molecule has 20 heavy (non-hydrogen) atoms. The lowest BCUT2D eigenvalue weighted by atomic mass is 10.1. The van der Waals surface area contributed by atoms with Crippen LogP contribution in [0.5, 0.6) is 0 Å². The number of H-pyrrole nitrogens is 1. The summed E-state index contributed by atoms with van der Waals surface area (Å²) in [5.41, 5.74) is 4.37. The molecule has 1 N–H and O–H groups in total. The van der Waals surface area contributed by atoms with Gasteiger partial charge in [-0.1, -0.05) is 35.9 Å². The van der Waals surface area contributed by atoms with Gasteiger partial charge >= 0.3 is 0 Å². The standard InChI is InChI=1S/C15H14ClN3S/c1-10-4-2-3-5-11(10)6-7-19-14-13(18-15(19)20)8-12(16)9-17-14/h2-5,8-9H,6-7H2,1H3,(H,18,20). The molecule has 0 amide bonds. The van der Waals surface area contributed by atoms with Crippen molar-refractivity contribution in [2.45, 2.75) is 19.9 Å². The number of rotatable bonds is 3. The number of aryl methyl sites for hydroxylation is 3. The van der Waals surface area contributed by atoms with Crippen LogP contribution in [-0.4, -0.2) is 14.5 Å². The minimum absolute atomic E-state index is 0.611. The van der Waals surface area contributed by atoms with Crippen molar-refractivity contribution in [3.63, 3.8) is 0 Å². The molecule has 3 aromatic rings. The molecule has 0 radical (unpaired) electrons. The van der Waals surface area contributed by atoms with E-state index >= 15 is 0 Å². The molecular formula is C15H14ClN3S. The Balaban J connectivity index is 1.94. The normalized spacial score (nSPS) is 11.1. The first-order valence-corrected chi connectivity index (χ1v) is 7.22. The number of benzene rings is 1. The van der Waals surface area contributed by atoms with Crippen LogP contribution >= 0.6 is 23.8 Å². The van der Waals surface area contributed by atoms with Crippen LogP contribution in [0.25, 0.3) is 11.2 Å². The van der Waals surface area contributed by atoms with Crippen LogP contribution < -0.4 is 0 Å². The van der Waals surface area contributed by atoms with Crippen molar-refractivity contribution in [2.75, 3.05) is 0 Å². The molecule has 1 aromatic carbocycles. The van der Waals surface area contributed by atoms with Gasteiger partial charge in [0.15, 0.2) is 10.4 Å². The number of aromatic amines is 1. The molecule has 0 atom stereocenters. The first-order chi connectivity index (χ1) is 9.65. The van der Waals surface area contributed by atoms with Gasteiger partial charge in [-0.05, 0) is 42.8 Å². The van der Waals surface area contributed by atoms with Gasteiger partial charge in [-0.15, -0.1) is 0 Å². The lowest BCUT2D eigenvalue weighted by Gasteiger charge is -2.07. The molecule has 3 nitrogen and oxygen atoms in total. The minimum Gasteiger partial charge on any atom is -0.329 e. The Kier molecular flexibility index (Phi) is 3.59. The van der Waals surface area contributed by atoms with Crippen LogP contribution in [0.15, 0.2) is 36.5 Å². The molecule has 0 aliphatic heterocycles. The molecule has 0 aliphatic rings. The van der Waals surface area contributed by atoms with Crippen LogP contribution in [-0.2, 0) is 13.0 Å². The fraction of sp³-hybridized carbons (Fsp3) is 0.200. The summed E-state index contributed by atoms with van der Waals surface area (Å²) in [4.78, 5) is 7.52. The lowest BCUT2D eigenvalue weighted by Crippen LogP contribution is -2.03. The second kappa shape index (κ2) is 5.38. The SMILES string of the molecule is Cc1ccccc1CCn1c(=S)[nH]c2cc(Cl)cnc21. The highest BCUT2D eigenvalue weighted by Gasteiger charge is 2.07. The Morgan fingerprint density at radius 1 is 1.35 bits per heavy atom. The van der Waals surface area contributed by atoms with Gasteiger partial charge in [0, 0.05) is 12.7 Å². The number of hydrogen-bond acceptors (Lipinski definition) is 2. The fourth-order valence-electron chi connectivity index (χ4n) is 2.35. The summed E-state index contributed by atoms with van der Waals surface area (Å²) in [6, 6.07) is 10.2. The third kappa shape index (κ3) is 2.49. The quantitative estimate of drug-likeness (QED) is 0.732. The van der Waals surface area contributed by atoms with Crippen molar-refractivity contribution in [1.29, 1.82) is 0 Å². The van der Waals surface area contributed by atoms with Crippen molar-refractivity contribution in [3.05, 3.63) is 57.4 Å². The van der Waals surface area contributed by atoms with Crippen LogP contribution in [0.4, 0.5) is 0 Å². The van der Waals surface area contributed by atoms with E-state index in [4.69, 9.17) is 23.8 Å². The average molecular weight is 304 g/mol. The summed E-state index contributed by atoms with van der Waals surface area (Å²) >= 11 is 11.3. The van der Waals surface area contributed by atoms with Crippen molar-refractivity contribution in [2.24, 2.45) is 0 Å². The van der Waals surface area contributed by atoms with E-state index in [1.165, 1.54) is 11.1 Å². The number of aromatic nitrogens is 3. The molecule has 0 bridgehead atoms. The van der Waals surface area contributed by atoms with Crippen molar-refractivity contribution in [3.8, 4) is 0 Å². The Hall–Kier alpha value is -1.65. The maximum atomic E-state index is 5.95. The van der Waals surface area contributed by atoms with Gasteiger partial charge in [0.05, 0.1) is 10.5 Å². The molecule has 0 saturated carbocycles. The van der Waals surface area contributed by atoms with Crippen molar-refractivity contribution >= 4 is 35.0 Å². The summed E-state index contributed by atoms with van der Waals surface area (Å²) in [6.45, 7) is 2.93. The number of imidazole rings is 1. The largest absolute Gasteiger partial charge is 0.329 e. The second-order valence-corrected chi connectivity index (χ2v) is 5.61. The Morgan fingerprint density at radius 2 is 2.15 bits per heavy atom. The maximum Gasteiger partial charge on any atom is 0.179 e. The van der Waals surface area contributed by atoms with E-state index in [0.717, 1.165) is 24.1 Å². The molecule has 0 unspecified atom stereocenters. The zero-order chi connectivity index (χ0) is 14.1. The number of fused-ring (bicyclic) bond motifs is 1. The molecule has 2 aromatic heterocycles. The van der Waals surface area contributed by atoms with Gasteiger partial charge in [-0.3, -0.25) is 0 Å². The molecule has 0 spiro atoms. The number of pyridine rings is 1. The van der Waals surface area contributed by atoms with Crippen LogP contribution in [0.1, 0.15) is 11.1 Å².